The van der Waals surface area contributed by atoms with Crippen molar-refractivity contribution in [3.05, 3.63) is 16.8 Å². The summed E-state index contributed by atoms with van der Waals surface area (Å²) in [6.45, 7) is 3.43. The van der Waals surface area contributed by atoms with E-state index in [-0.39, 0.29) is 6.04 Å². The van der Waals surface area contributed by atoms with Crippen molar-refractivity contribution in [2.45, 2.75) is 38.3 Å². The van der Waals surface area contributed by atoms with Gasteiger partial charge < -0.3 is 21.1 Å². The van der Waals surface area contributed by atoms with E-state index in [9.17, 15) is 5.11 Å². The summed E-state index contributed by atoms with van der Waals surface area (Å²) in [5.41, 5.74) is 4.49. The van der Waals surface area contributed by atoms with Crippen LogP contribution in [0.5, 0.6) is 0 Å². The number of nitrogens with one attached hydrogen (secondary N) is 3. The molecule has 0 amide bonds. The second-order valence-electron chi connectivity index (χ2n) is 6.34. The van der Waals surface area contributed by atoms with Gasteiger partial charge in [0.2, 0.25) is 5.95 Å². The summed E-state index contributed by atoms with van der Waals surface area (Å²) in [7, 11) is 1.87. The molecule has 1 saturated heterocycles. The molecule has 2 aromatic rings. The van der Waals surface area contributed by atoms with E-state index in [0.717, 1.165) is 36.1 Å². The lowest BCUT2D eigenvalue weighted by molar-refractivity contribution is 0.185. The van der Waals surface area contributed by atoms with Gasteiger partial charge in [-0.3, -0.25) is 0 Å². The molecule has 2 aliphatic rings. The fraction of sp³-hybridized carbons (Fsp3) is 0.562. The summed E-state index contributed by atoms with van der Waals surface area (Å²) in [5, 5.41) is 20.5. The minimum absolute atomic E-state index is 0.0762. The quantitative estimate of drug-likeness (QED) is 0.659. The maximum Gasteiger partial charge on any atom is 0.227 e. The molecule has 4 rings (SSSR count). The van der Waals surface area contributed by atoms with Gasteiger partial charge in [-0.25, -0.2) is 4.98 Å². The molecule has 0 unspecified atom stereocenters. The minimum atomic E-state index is -0.429. The predicted molar refractivity (Wildman–Crippen MR) is 89.9 cm³/mol. The maximum atomic E-state index is 9.95. The van der Waals surface area contributed by atoms with E-state index in [1.807, 2.05) is 7.05 Å². The number of hydrogen-bond donors (Lipinski definition) is 4. The van der Waals surface area contributed by atoms with Crippen LogP contribution in [0.4, 0.5) is 11.8 Å². The molecule has 1 aliphatic heterocycles. The fourth-order valence-corrected chi connectivity index (χ4v) is 3.63. The van der Waals surface area contributed by atoms with Crippen molar-refractivity contribution in [3.8, 4) is 0 Å². The lowest BCUT2D eigenvalue weighted by Gasteiger charge is -2.17. The zero-order valence-electron chi connectivity index (χ0n) is 13.5. The molecular weight excluding hydrogens is 292 g/mol. The molecule has 1 fully saturated rings. The Balaban J connectivity index is 1.80. The van der Waals surface area contributed by atoms with Gasteiger partial charge in [-0.1, -0.05) is 0 Å². The third kappa shape index (κ3) is 2.40. The van der Waals surface area contributed by atoms with Gasteiger partial charge in [0.25, 0.3) is 0 Å². The van der Waals surface area contributed by atoms with Crippen LogP contribution in [0, 0.1) is 6.92 Å². The molecule has 2 atom stereocenters. The van der Waals surface area contributed by atoms with Gasteiger partial charge >= 0.3 is 0 Å². The lowest BCUT2D eigenvalue weighted by atomic mass is 10.1. The van der Waals surface area contributed by atoms with Crippen LogP contribution in [0.1, 0.15) is 23.2 Å². The van der Waals surface area contributed by atoms with Crippen molar-refractivity contribution < 1.29 is 5.11 Å². The van der Waals surface area contributed by atoms with Crippen molar-refractivity contribution in [3.63, 3.8) is 0 Å². The summed E-state index contributed by atoms with van der Waals surface area (Å²) >= 11 is 0. The molecule has 0 saturated carbocycles. The SMILES string of the molecule is CNc1nc(N[C@@H]2CNC[C@@H]2O)nc2nc3c(c(C)c12)CCC3. The molecule has 122 valence electrons. The fourth-order valence-electron chi connectivity index (χ4n) is 3.63. The van der Waals surface area contributed by atoms with Crippen LogP contribution in [0.25, 0.3) is 11.0 Å². The summed E-state index contributed by atoms with van der Waals surface area (Å²) in [6.07, 6.45) is 2.85. The minimum Gasteiger partial charge on any atom is -0.390 e. The summed E-state index contributed by atoms with van der Waals surface area (Å²) in [6, 6.07) is -0.0762. The Morgan fingerprint density at radius 2 is 2.04 bits per heavy atom. The van der Waals surface area contributed by atoms with Crippen LogP contribution in [0.2, 0.25) is 0 Å². The Morgan fingerprint density at radius 3 is 2.78 bits per heavy atom. The molecule has 4 N–H and O–H groups in total. The van der Waals surface area contributed by atoms with Gasteiger partial charge in [0, 0.05) is 25.8 Å². The van der Waals surface area contributed by atoms with Crippen molar-refractivity contribution in [2.75, 3.05) is 30.8 Å². The van der Waals surface area contributed by atoms with Gasteiger partial charge in [0.1, 0.15) is 5.82 Å². The number of aliphatic hydroxyl groups excluding tert-OH is 1. The summed E-state index contributed by atoms with van der Waals surface area (Å²) < 4.78 is 0. The van der Waals surface area contributed by atoms with Crippen molar-refractivity contribution in [1.29, 1.82) is 0 Å². The highest BCUT2D eigenvalue weighted by atomic mass is 16.3. The predicted octanol–water partition coefficient (Wildman–Crippen LogP) is 0.608. The zero-order valence-corrected chi connectivity index (χ0v) is 13.5. The molecule has 0 spiro atoms. The number of hydrogen-bond acceptors (Lipinski definition) is 7. The first-order chi connectivity index (χ1) is 11.2. The Hall–Kier alpha value is -1.99. The van der Waals surface area contributed by atoms with E-state index in [0.29, 0.717) is 19.0 Å². The largest absolute Gasteiger partial charge is 0.390 e. The summed E-state index contributed by atoms with van der Waals surface area (Å²) in [5.74, 6) is 1.30. The van der Waals surface area contributed by atoms with Crippen molar-refractivity contribution >= 4 is 22.8 Å². The van der Waals surface area contributed by atoms with E-state index in [1.165, 1.54) is 16.8 Å². The Morgan fingerprint density at radius 1 is 1.17 bits per heavy atom. The molecule has 7 nitrogen and oxygen atoms in total. The average molecular weight is 314 g/mol. The van der Waals surface area contributed by atoms with Gasteiger partial charge in [-0.2, -0.15) is 9.97 Å². The first-order valence-corrected chi connectivity index (χ1v) is 8.20. The van der Waals surface area contributed by atoms with Gasteiger partial charge in [0.15, 0.2) is 5.65 Å². The standard InChI is InChI=1S/C16H22N6O/c1-8-9-4-3-5-10(9)19-15-13(8)14(17-2)21-16(22-15)20-11-6-18-7-12(11)23/h11-12,18,23H,3-7H2,1-2H3,(H2,17,19,20,21,22)/t11-,12+/m1/s1. The van der Waals surface area contributed by atoms with E-state index >= 15 is 0 Å². The van der Waals surface area contributed by atoms with E-state index in [4.69, 9.17) is 4.98 Å². The summed E-state index contributed by atoms with van der Waals surface area (Å²) in [4.78, 5) is 14.0. The van der Waals surface area contributed by atoms with Crippen molar-refractivity contribution in [2.24, 2.45) is 0 Å². The van der Waals surface area contributed by atoms with E-state index < -0.39 is 6.10 Å². The Bertz CT molecular complexity index is 762. The highest BCUT2D eigenvalue weighted by Gasteiger charge is 2.26. The highest BCUT2D eigenvalue weighted by molar-refractivity contribution is 5.91. The van der Waals surface area contributed by atoms with Crippen LogP contribution in [0.15, 0.2) is 0 Å². The van der Waals surface area contributed by atoms with Crippen LogP contribution in [-0.4, -0.2) is 52.3 Å². The number of rotatable bonds is 3. The normalized spacial score (nSPS) is 23.3. The van der Waals surface area contributed by atoms with Crippen LogP contribution >= 0.6 is 0 Å². The van der Waals surface area contributed by atoms with Gasteiger partial charge in [-0.05, 0) is 37.3 Å². The number of pyridine rings is 1. The third-order valence-corrected chi connectivity index (χ3v) is 4.88. The number of nitrogens with zero attached hydrogens (tertiary/aromatic N) is 3. The molecule has 0 aromatic carbocycles. The van der Waals surface area contributed by atoms with Crippen LogP contribution in [-0.2, 0) is 12.8 Å². The number of β-amino-alcohol motifs (C(OH)–C–C–N with tert-alkyl or cyclic N) is 1. The number of anilines is 2. The molecule has 7 heteroatoms. The van der Waals surface area contributed by atoms with Crippen LogP contribution < -0.4 is 16.0 Å². The maximum absolute atomic E-state index is 9.95. The van der Waals surface area contributed by atoms with Crippen LogP contribution in [0.3, 0.4) is 0 Å². The molecule has 1 aliphatic carbocycles. The molecule has 0 radical (unpaired) electrons. The number of aryl methyl sites for hydroxylation is 2. The zero-order chi connectivity index (χ0) is 16.0. The van der Waals surface area contributed by atoms with Crippen molar-refractivity contribution in [1.82, 2.24) is 20.3 Å². The number of fused-ring (bicyclic) bond motifs is 2. The number of aliphatic hydroxyl groups is 1. The van der Waals surface area contributed by atoms with E-state index in [1.54, 1.807) is 0 Å². The average Bonchev–Trinajstić information content (AvgIpc) is 3.16. The molecule has 2 aromatic heterocycles. The van der Waals surface area contributed by atoms with E-state index in [2.05, 4.69) is 32.8 Å². The molecular formula is C16H22N6O. The monoisotopic (exact) mass is 314 g/mol. The molecule has 23 heavy (non-hydrogen) atoms. The topological polar surface area (TPSA) is 95.0 Å². The second-order valence-corrected chi connectivity index (χ2v) is 6.34. The first kappa shape index (κ1) is 14.6. The Labute approximate surface area is 134 Å². The van der Waals surface area contributed by atoms with Gasteiger partial charge in [-0.15, -0.1) is 0 Å². The lowest BCUT2D eigenvalue weighted by Crippen LogP contribution is -2.32. The second kappa shape index (κ2) is 5.58. The molecule has 0 bridgehead atoms. The Kier molecular flexibility index (Phi) is 3.54. The molecule has 3 heterocycles. The smallest absolute Gasteiger partial charge is 0.227 e. The van der Waals surface area contributed by atoms with Gasteiger partial charge in [0.05, 0.1) is 17.5 Å². The third-order valence-electron chi connectivity index (χ3n) is 4.88. The first-order valence-electron chi connectivity index (χ1n) is 8.20. The number of aromatic nitrogens is 3. The highest BCUT2D eigenvalue weighted by Crippen LogP contribution is 2.32.